The summed E-state index contributed by atoms with van der Waals surface area (Å²) in [5.41, 5.74) is 0.859. The Morgan fingerprint density at radius 3 is 2.67 bits per heavy atom. The Bertz CT molecular complexity index is 625. The lowest BCUT2D eigenvalue weighted by Gasteiger charge is -2.14. The highest BCUT2D eigenvalue weighted by Gasteiger charge is 2.11. The van der Waals surface area contributed by atoms with Crippen molar-refractivity contribution in [1.29, 1.82) is 0 Å². The number of fused-ring (bicyclic) bond motifs is 1. The van der Waals surface area contributed by atoms with Gasteiger partial charge in [0.1, 0.15) is 0 Å². The first-order valence-electron chi connectivity index (χ1n) is 9.36. The van der Waals surface area contributed by atoms with Crippen LogP contribution in [0, 0.1) is 0 Å². The normalized spacial score (nSPS) is 14.4. The predicted octanol–water partition coefficient (Wildman–Crippen LogP) is 3.15. The van der Waals surface area contributed by atoms with Crippen molar-refractivity contribution in [1.82, 2.24) is 10.6 Å². The number of benzene rings is 1. The van der Waals surface area contributed by atoms with Gasteiger partial charge in [-0.05, 0) is 32.4 Å². The van der Waals surface area contributed by atoms with Gasteiger partial charge in [-0.15, -0.1) is 24.0 Å². The highest BCUT2D eigenvalue weighted by atomic mass is 127. The summed E-state index contributed by atoms with van der Waals surface area (Å²) >= 11 is 0. The SMILES string of the molecule is CCNC(=NCCC(=O)NC(C)CC)Nc1ccc2c(c1)OCCCO2.I. The van der Waals surface area contributed by atoms with Gasteiger partial charge >= 0.3 is 0 Å². The number of aliphatic imine (C=N–C) groups is 1. The van der Waals surface area contributed by atoms with Crippen LogP contribution in [0.1, 0.15) is 40.0 Å². The monoisotopic (exact) mass is 490 g/mol. The van der Waals surface area contributed by atoms with E-state index in [1.54, 1.807) is 0 Å². The largest absolute Gasteiger partial charge is 0.490 e. The van der Waals surface area contributed by atoms with E-state index in [-0.39, 0.29) is 35.9 Å². The molecular formula is C19H31IN4O3. The molecule has 1 aromatic rings. The zero-order valence-corrected chi connectivity index (χ0v) is 18.7. The topological polar surface area (TPSA) is 84.0 Å². The third kappa shape index (κ3) is 8.23. The molecule has 8 heteroatoms. The Hall–Kier alpha value is -1.71. The van der Waals surface area contributed by atoms with Crippen LogP contribution in [-0.4, -0.2) is 44.2 Å². The van der Waals surface area contributed by atoms with Crippen LogP contribution in [0.15, 0.2) is 23.2 Å². The van der Waals surface area contributed by atoms with Gasteiger partial charge in [0.25, 0.3) is 0 Å². The van der Waals surface area contributed by atoms with Crippen molar-refractivity contribution in [3.8, 4) is 11.5 Å². The number of hydrogen-bond acceptors (Lipinski definition) is 4. The van der Waals surface area contributed by atoms with Gasteiger partial charge in [0.05, 0.1) is 19.8 Å². The number of rotatable bonds is 7. The quantitative estimate of drug-likeness (QED) is 0.311. The number of carbonyl (C=O) groups excluding carboxylic acids is 1. The smallest absolute Gasteiger partial charge is 0.222 e. The molecule has 0 saturated carbocycles. The second-order valence-corrected chi connectivity index (χ2v) is 6.22. The van der Waals surface area contributed by atoms with Crippen molar-refractivity contribution in [2.75, 3.05) is 31.6 Å². The zero-order valence-electron chi connectivity index (χ0n) is 16.3. The number of guanidine groups is 1. The van der Waals surface area contributed by atoms with E-state index in [0.717, 1.165) is 36.6 Å². The first-order chi connectivity index (χ1) is 12.6. The fourth-order valence-electron chi connectivity index (χ4n) is 2.40. The molecule has 152 valence electrons. The fraction of sp³-hybridized carbons (Fsp3) is 0.579. The van der Waals surface area contributed by atoms with Gasteiger partial charge in [0.15, 0.2) is 17.5 Å². The molecule has 1 unspecified atom stereocenters. The van der Waals surface area contributed by atoms with E-state index in [0.29, 0.717) is 32.1 Å². The minimum Gasteiger partial charge on any atom is -0.490 e. The summed E-state index contributed by atoms with van der Waals surface area (Å²) in [5.74, 6) is 2.15. The van der Waals surface area contributed by atoms with Crippen LogP contribution in [-0.2, 0) is 4.79 Å². The van der Waals surface area contributed by atoms with Gasteiger partial charge in [-0.25, -0.2) is 0 Å². The maximum absolute atomic E-state index is 11.9. The van der Waals surface area contributed by atoms with Crippen molar-refractivity contribution in [3.05, 3.63) is 18.2 Å². The van der Waals surface area contributed by atoms with E-state index in [1.165, 1.54) is 0 Å². The summed E-state index contributed by atoms with van der Waals surface area (Å²) in [5, 5.41) is 9.38. The molecule has 2 rings (SSSR count). The summed E-state index contributed by atoms with van der Waals surface area (Å²) in [7, 11) is 0. The van der Waals surface area contributed by atoms with Crippen LogP contribution >= 0.6 is 24.0 Å². The maximum Gasteiger partial charge on any atom is 0.222 e. The van der Waals surface area contributed by atoms with Crippen LogP contribution in [0.5, 0.6) is 11.5 Å². The van der Waals surface area contributed by atoms with Crippen molar-refractivity contribution in [2.45, 2.75) is 46.1 Å². The molecule has 3 N–H and O–H groups in total. The Labute approximate surface area is 178 Å². The minimum absolute atomic E-state index is 0. The van der Waals surface area contributed by atoms with E-state index in [9.17, 15) is 4.79 Å². The molecule has 1 atom stereocenters. The highest BCUT2D eigenvalue weighted by molar-refractivity contribution is 14.0. The van der Waals surface area contributed by atoms with Crippen molar-refractivity contribution < 1.29 is 14.3 Å². The first-order valence-corrected chi connectivity index (χ1v) is 9.36. The third-order valence-electron chi connectivity index (χ3n) is 3.98. The number of anilines is 1. The van der Waals surface area contributed by atoms with Crippen molar-refractivity contribution in [3.63, 3.8) is 0 Å². The van der Waals surface area contributed by atoms with Gasteiger partial charge in [0.2, 0.25) is 5.91 Å². The molecule has 0 spiro atoms. The molecule has 0 fully saturated rings. The van der Waals surface area contributed by atoms with E-state index in [4.69, 9.17) is 9.47 Å². The second kappa shape index (κ2) is 12.6. The van der Waals surface area contributed by atoms with Crippen molar-refractivity contribution in [2.24, 2.45) is 4.99 Å². The highest BCUT2D eigenvalue weighted by Crippen LogP contribution is 2.32. The summed E-state index contributed by atoms with van der Waals surface area (Å²) in [4.78, 5) is 16.3. The average Bonchev–Trinajstić information content (AvgIpc) is 2.86. The molecule has 1 heterocycles. The molecule has 1 aliphatic heterocycles. The first kappa shape index (κ1) is 23.3. The van der Waals surface area contributed by atoms with Crippen LogP contribution in [0.2, 0.25) is 0 Å². The molecule has 1 amide bonds. The number of amides is 1. The molecule has 0 bridgehead atoms. The number of hydrogen-bond donors (Lipinski definition) is 3. The Kier molecular flexibility index (Phi) is 10.9. The van der Waals surface area contributed by atoms with Gasteiger partial charge in [-0.1, -0.05) is 6.92 Å². The third-order valence-corrected chi connectivity index (χ3v) is 3.98. The van der Waals surface area contributed by atoms with Gasteiger partial charge < -0.3 is 25.4 Å². The summed E-state index contributed by atoms with van der Waals surface area (Å²) in [6.07, 6.45) is 2.16. The summed E-state index contributed by atoms with van der Waals surface area (Å²) < 4.78 is 11.4. The summed E-state index contributed by atoms with van der Waals surface area (Å²) in [6.45, 7) is 8.51. The second-order valence-electron chi connectivity index (χ2n) is 6.22. The molecule has 0 aromatic heterocycles. The fourth-order valence-corrected chi connectivity index (χ4v) is 2.40. The molecule has 7 nitrogen and oxygen atoms in total. The number of nitrogens with zero attached hydrogens (tertiary/aromatic N) is 1. The molecule has 27 heavy (non-hydrogen) atoms. The Morgan fingerprint density at radius 2 is 1.96 bits per heavy atom. The average molecular weight is 490 g/mol. The maximum atomic E-state index is 11.9. The van der Waals surface area contributed by atoms with Crippen LogP contribution < -0.4 is 25.4 Å². The van der Waals surface area contributed by atoms with E-state index in [1.807, 2.05) is 39.0 Å². The number of halogens is 1. The van der Waals surface area contributed by atoms with Crippen LogP contribution in [0.25, 0.3) is 0 Å². The van der Waals surface area contributed by atoms with E-state index >= 15 is 0 Å². The van der Waals surface area contributed by atoms with Crippen LogP contribution in [0.3, 0.4) is 0 Å². The van der Waals surface area contributed by atoms with E-state index in [2.05, 4.69) is 20.9 Å². The lowest BCUT2D eigenvalue weighted by molar-refractivity contribution is -0.121. The Morgan fingerprint density at radius 1 is 1.22 bits per heavy atom. The van der Waals surface area contributed by atoms with Crippen LogP contribution in [0.4, 0.5) is 5.69 Å². The summed E-state index contributed by atoms with van der Waals surface area (Å²) in [6, 6.07) is 5.92. The molecule has 0 radical (unpaired) electrons. The molecular weight excluding hydrogens is 459 g/mol. The standard InChI is InChI=1S/C19H30N4O3.HI/c1-4-14(3)22-18(24)9-10-21-19(20-5-2)23-15-7-8-16-17(13-15)26-12-6-11-25-16;/h7-8,13-14H,4-6,9-12H2,1-3H3,(H,22,24)(H2,20,21,23);1H. The van der Waals surface area contributed by atoms with Crippen molar-refractivity contribution >= 4 is 41.5 Å². The lowest BCUT2D eigenvalue weighted by atomic mass is 10.2. The Balaban J connectivity index is 0.00000364. The molecule has 1 aromatic carbocycles. The zero-order chi connectivity index (χ0) is 18.8. The van der Waals surface area contributed by atoms with Gasteiger partial charge in [0, 0.05) is 37.2 Å². The number of nitrogens with one attached hydrogen (secondary N) is 3. The molecule has 0 aliphatic carbocycles. The van der Waals surface area contributed by atoms with E-state index < -0.39 is 0 Å². The number of ether oxygens (including phenoxy) is 2. The lowest BCUT2D eigenvalue weighted by Crippen LogP contribution is -2.33. The molecule has 0 saturated heterocycles. The predicted molar refractivity (Wildman–Crippen MR) is 120 cm³/mol. The number of carbonyl (C=O) groups is 1. The minimum atomic E-state index is 0. The van der Waals surface area contributed by atoms with Gasteiger partial charge in [-0.3, -0.25) is 9.79 Å². The van der Waals surface area contributed by atoms with Gasteiger partial charge in [-0.2, -0.15) is 0 Å². The molecule has 1 aliphatic rings.